The van der Waals surface area contributed by atoms with Gasteiger partial charge in [-0.2, -0.15) is 0 Å². The van der Waals surface area contributed by atoms with Gasteiger partial charge < -0.3 is 10.0 Å². The van der Waals surface area contributed by atoms with Crippen molar-refractivity contribution in [2.75, 3.05) is 19.6 Å². The number of halogens is 1. The number of aliphatic carboxylic acids is 1. The molecule has 0 bridgehead atoms. The lowest BCUT2D eigenvalue weighted by molar-refractivity contribution is -0.143. The van der Waals surface area contributed by atoms with Crippen LogP contribution < -0.4 is 0 Å². The lowest BCUT2D eigenvalue weighted by Gasteiger charge is -2.30. The van der Waals surface area contributed by atoms with Gasteiger partial charge in [0.25, 0.3) is 0 Å². The van der Waals surface area contributed by atoms with Gasteiger partial charge in [0.15, 0.2) is 0 Å². The van der Waals surface area contributed by atoms with Crippen LogP contribution in [0.25, 0.3) is 5.57 Å². The van der Waals surface area contributed by atoms with Crippen LogP contribution in [0.15, 0.2) is 46.3 Å². The van der Waals surface area contributed by atoms with Crippen molar-refractivity contribution in [3.05, 3.63) is 62.3 Å². The number of piperidine rings is 1. The van der Waals surface area contributed by atoms with Gasteiger partial charge >= 0.3 is 5.97 Å². The van der Waals surface area contributed by atoms with E-state index in [-0.39, 0.29) is 5.92 Å². The van der Waals surface area contributed by atoms with E-state index in [1.54, 1.807) is 11.3 Å². The quantitative estimate of drug-likeness (QED) is 0.659. The van der Waals surface area contributed by atoms with E-state index in [0.29, 0.717) is 6.54 Å². The van der Waals surface area contributed by atoms with Crippen molar-refractivity contribution in [3.8, 4) is 0 Å². The van der Waals surface area contributed by atoms with Gasteiger partial charge in [-0.15, -0.1) is 11.3 Å². The van der Waals surface area contributed by atoms with Crippen molar-refractivity contribution in [3.63, 3.8) is 0 Å². The second-order valence-corrected chi connectivity index (χ2v) is 8.57. The summed E-state index contributed by atoms with van der Waals surface area (Å²) >= 11 is 5.42. The molecule has 1 aromatic heterocycles. The first-order valence-electron chi connectivity index (χ1n) is 9.01. The Kier molecular flexibility index (Phi) is 6.68. The van der Waals surface area contributed by atoms with E-state index >= 15 is 0 Å². The number of carboxylic acid groups (broad SMARTS) is 1. The number of benzene rings is 1. The minimum absolute atomic E-state index is 0.213. The van der Waals surface area contributed by atoms with E-state index in [0.717, 1.165) is 36.8 Å². The SMILES string of the molecule is Cc1ccccc1/C(=C\CCN1CCCC(C(=O)O)C1)c1sccc1Br. The number of likely N-dealkylation sites (tertiary alicyclic amines) is 1. The van der Waals surface area contributed by atoms with Crippen LogP contribution in [0.5, 0.6) is 0 Å². The van der Waals surface area contributed by atoms with E-state index in [9.17, 15) is 9.90 Å². The third-order valence-corrected chi connectivity index (χ3v) is 6.82. The Bertz CT molecular complexity index is 799. The van der Waals surface area contributed by atoms with Gasteiger partial charge in [-0.3, -0.25) is 4.79 Å². The predicted octanol–water partition coefficient (Wildman–Crippen LogP) is 5.44. The van der Waals surface area contributed by atoms with Crippen molar-refractivity contribution in [2.45, 2.75) is 26.2 Å². The molecule has 3 rings (SSSR count). The summed E-state index contributed by atoms with van der Waals surface area (Å²) in [5.41, 5.74) is 3.79. The molecule has 1 aliphatic rings. The van der Waals surface area contributed by atoms with E-state index in [1.807, 2.05) is 0 Å². The first-order valence-corrected chi connectivity index (χ1v) is 10.7. The van der Waals surface area contributed by atoms with E-state index in [2.05, 4.69) is 69.5 Å². The fraction of sp³-hybridized carbons (Fsp3) is 0.381. The highest BCUT2D eigenvalue weighted by Crippen LogP contribution is 2.35. The standard InChI is InChI=1S/C21H24BrNO2S/c1-15-6-2-3-8-17(15)18(20-19(22)10-13-26-20)9-5-12-23-11-4-7-16(14-23)21(24)25/h2-3,6,8-10,13,16H,4-5,7,11-12,14H2,1H3,(H,24,25)/b18-9+. The van der Waals surface area contributed by atoms with Crippen molar-refractivity contribution in [1.82, 2.24) is 4.90 Å². The monoisotopic (exact) mass is 433 g/mol. The number of carbonyl (C=O) groups is 1. The number of thiophene rings is 1. The first kappa shape index (κ1) is 19.3. The molecule has 0 saturated carbocycles. The molecular weight excluding hydrogens is 410 g/mol. The summed E-state index contributed by atoms with van der Waals surface area (Å²) in [5.74, 6) is -0.872. The molecule has 1 saturated heterocycles. The third kappa shape index (κ3) is 4.64. The number of aryl methyl sites for hydroxylation is 1. The largest absolute Gasteiger partial charge is 0.481 e. The molecule has 1 aliphatic heterocycles. The molecule has 1 atom stereocenters. The maximum Gasteiger partial charge on any atom is 0.307 e. The normalized spacial score (nSPS) is 18.8. The Morgan fingerprint density at radius 1 is 1.38 bits per heavy atom. The van der Waals surface area contributed by atoms with Gasteiger partial charge in [0, 0.05) is 22.4 Å². The average molecular weight is 434 g/mol. The topological polar surface area (TPSA) is 40.5 Å². The molecule has 5 heteroatoms. The molecule has 3 nitrogen and oxygen atoms in total. The number of hydrogen-bond acceptors (Lipinski definition) is 3. The Labute approximate surface area is 167 Å². The van der Waals surface area contributed by atoms with E-state index < -0.39 is 5.97 Å². The second kappa shape index (κ2) is 8.98. The predicted molar refractivity (Wildman–Crippen MR) is 112 cm³/mol. The van der Waals surface area contributed by atoms with Crippen LogP contribution in [0.1, 0.15) is 35.3 Å². The summed E-state index contributed by atoms with van der Waals surface area (Å²) < 4.78 is 1.13. The first-order chi connectivity index (χ1) is 12.6. The molecule has 2 aromatic rings. The summed E-state index contributed by atoms with van der Waals surface area (Å²) in [4.78, 5) is 14.8. The number of hydrogen-bond donors (Lipinski definition) is 1. The summed E-state index contributed by atoms with van der Waals surface area (Å²) in [6.45, 7) is 4.72. The fourth-order valence-electron chi connectivity index (χ4n) is 3.54. The molecule has 2 heterocycles. The van der Waals surface area contributed by atoms with Crippen LogP contribution in [0, 0.1) is 12.8 Å². The Morgan fingerprint density at radius 2 is 2.19 bits per heavy atom. The zero-order valence-corrected chi connectivity index (χ0v) is 17.4. The van der Waals surface area contributed by atoms with Crippen molar-refractivity contribution >= 4 is 38.8 Å². The van der Waals surface area contributed by atoms with Crippen LogP contribution in [0.4, 0.5) is 0 Å². The molecule has 1 fully saturated rings. The van der Waals surface area contributed by atoms with Crippen molar-refractivity contribution in [1.29, 1.82) is 0 Å². The van der Waals surface area contributed by atoms with Crippen LogP contribution in [0.3, 0.4) is 0 Å². The molecule has 1 N–H and O–H groups in total. The third-order valence-electron chi connectivity index (χ3n) is 4.95. The highest BCUT2D eigenvalue weighted by molar-refractivity contribution is 9.10. The molecule has 0 spiro atoms. The molecule has 138 valence electrons. The molecular formula is C21H24BrNO2S. The fourth-order valence-corrected chi connectivity index (χ4v) is 5.18. The zero-order valence-electron chi connectivity index (χ0n) is 15.0. The Morgan fingerprint density at radius 3 is 2.88 bits per heavy atom. The lowest BCUT2D eigenvalue weighted by atomic mass is 9.97. The Balaban J connectivity index is 1.77. The van der Waals surface area contributed by atoms with Gasteiger partial charge in [-0.25, -0.2) is 0 Å². The molecule has 1 unspecified atom stereocenters. The van der Waals surface area contributed by atoms with Gasteiger partial charge in [0.05, 0.1) is 5.92 Å². The maximum absolute atomic E-state index is 11.3. The van der Waals surface area contributed by atoms with Gasteiger partial charge in [0.2, 0.25) is 0 Å². The number of rotatable bonds is 6. The summed E-state index contributed by atoms with van der Waals surface area (Å²) in [5, 5.41) is 11.4. The number of carboxylic acids is 1. The number of nitrogens with zero attached hydrogens (tertiary/aromatic N) is 1. The van der Waals surface area contributed by atoms with Crippen molar-refractivity contribution in [2.24, 2.45) is 5.92 Å². The van der Waals surface area contributed by atoms with Crippen LogP contribution >= 0.6 is 27.3 Å². The van der Waals surface area contributed by atoms with Gasteiger partial charge in [-0.05, 0) is 76.8 Å². The highest BCUT2D eigenvalue weighted by atomic mass is 79.9. The van der Waals surface area contributed by atoms with E-state index in [1.165, 1.54) is 21.6 Å². The maximum atomic E-state index is 11.3. The second-order valence-electron chi connectivity index (χ2n) is 6.80. The average Bonchev–Trinajstić information content (AvgIpc) is 3.06. The Hall–Kier alpha value is -1.43. The summed E-state index contributed by atoms with van der Waals surface area (Å²) in [7, 11) is 0. The molecule has 0 radical (unpaired) electrons. The van der Waals surface area contributed by atoms with Gasteiger partial charge in [-0.1, -0.05) is 30.3 Å². The molecule has 26 heavy (non-hydrogen) atoms. The molecule has 0 amide bonds. The van der Waals surface area contributed by atoms with Crippen LogP contribution in [0.2, 0.25) is 0 Å². The summed E-state index contributed by atoms with van der Waals surface area (Å²) in [6, 6.07) is 10.6. The van der Waals surface area contributed by atoms with Crippen molar-refractivity contribution < 1.29 is 9.90 Å². The molecule has 0 aliphatic carbocycles. The smallest absolute Gasteiger partial charge is 0.307 e. The summed E-state index contributed by atoms with van der Waals surface area (Å²) in [6.07, 6.45) is 5.00. The highest BCUT2D eigenvalue weighted by Gasteiger charge is 2.24. The minimum atomic E-state index is -0.659. The van der Waals surface area contributed by atoms with E-state index in [4.69, 9.17) is 0 Å². The molecule has 1 aromatic carbocycles. The lowest BCUT2D eigenvalue weighted by Crippen LogP contribution is -2.39. The zero-order chi connectivity index (χ0) is 18.5. The van der Waals surface area contributed by atoms with Crippen LogP contribution in [-0.4, -0.2) is 35.6 Å². The minimum Gasteiger partial charge on any atom is -0.481 e. The van der Waals surface area contributed by atoms with Crippen LogP contribution in [-0.2, 0) is 4.79 Å². The van der Waals surface area contributed by atoms with Gasteiger partial charge in [0.1, 0.15) is 0 Å².